The van der Waals surface area contributed by atoms with Crippen molar-refractivity contribution in [3.05, 3.63) is 58.5 Å². The van der Waals surface area contributed by atoms with E-state index >= 15 is 0 Å². The lowest BCUT2D eigenvalue weighted by Crippen LogP contribution is -2.18. The molecule has 0 unspecified atom stereocenters. The maximum absolute atomic E-state index is 12.5. The smallest absolute Gasteiger partial charge is 0.277 e. The van der Waals surface area contributed by atoms with E-state index < -0.39 is 0 Å². The largest absolute Gasteiger partial charge is 0.411 e. The minimum Gasteiger partial charge on any atom is -0.411 e. The Labute approximate surface area is 187 Å². The molecule has 0 bridgehead atoms. The number of nitrogens with zero attached hydrogens (tertiary/aromatic N) is 6. The monoisotopic (exact) mass is 455 g/mol. The van der Waals surface area contributed by atoms with Gasteiger partial charge in [-0.05, 0) is 51.1 Å². The van der Waals surface area contributed by atoms with Crippen molar-refractivity contribution in [3.8, 4) is 17.4 Å². The fourth-order valence-corrected chi connectivity index (χ4v) is 3.52. The first-order valence-corrected chi connectivity index (χ1v) is 10.6. The van der Waals surface area contributed by atoms with Gasteiger partial charge in [-0.1, -0.05) is 23.4 Å². The highest BCUT2D eigenvalue weighted by atomic mass is 35.5. The summed E-state index contributed by atoms with van der Waals surface area (Å²) < 4.78 is 7.13. The van der Waals surface area contributed by atoms with Gasteiger partial charge in [-0.2, -0.15) is 9.78 Å². The quantitative estimate of drug-likeness (QED) is 0.434. The summed E-state index contributed by atoms with van der Waals surface area (Å²) in [6.07, 6.45) is 0. The highest BCUT2D eigenvalue weighted by molar-refractivity contribution is 7.99. The van der Waals surface area contributed by atoms with Crippen LogP contribution in [0.1, 0.15) is 17.1 Å². The van der Waals surface area contributed by atoms with Gasteiger partial charge in [0.05, 0.1) is 11.4 Å². The van der Waals surface area contributed by atoms with Crippen LogP contribution in [0.4, 0.5) is 5.82 Å². The number of rotatable bonds is 6. The van der Waals surface area contributed by atoms with Crippen LogP contribution in [0.5, 0.6) is 0 Å². The first-order chi connectivity index (χ1) is 14.9. The number of nitrogens with one attached hydrogen (secondary N) is 1. The van der Waals surface area contributed by atoms with Crippen LogP contribution in [-0.4, -0.2) is 41.6 Å². The van der Waals surface area contributed by atoms with Crippen LogP contribution in [0.2, 0.25) is 5.02 Å². The van der Waals surface area contributed by atoms with Gasteiger partial charge in [0.25, 0.3) is 11.2 Å². The van der Waals surface area contributed by atoms with Gasteiger partial charge in [-0.15, -0.1) is 10.2 Å². The third-order valence-electron chi connectivity index (χ3n) is 4.08. The number of aromatic nitrogens is 6. The summed E-state index contributed by atoms with van der Waals surface area (Å²) in [4.78, 5) is 21.3. The second-order valence-electron chi connectivity index (χ2n) is 6.75. The van der Waals surface area contributed by atoms with E-state index in [4.69, 9.17) is 16.0 Å². The van der Waals surface area contributed by atoms with Crippen molar-refractivity contribution < 1.29 is 9.21 Å². The Kier molecular flexibility index (Phi) is 6.01. The van der Waals surface area contributed by atoms with Gasteiger partial charge in [0, 0.05) is 28.0 Å². The summed E-state index contributed by atoms with van der Waals surface area (Å²) in [7, 11) is 0. The summed E-state index contributed by atoms with van der Waals surface area (Å²) in [5.41, 5.74) is 3.11. The Hall–Kier alpha value is -3.24. The molecule has 31 heavy (non-hydrogen) atoms. The minimum atomic E-state index is -0.248. The molecule has 0 radical (unpaired) electrons. The number of halogens is 1. The lowest BCUT2D eigenvalue weighted by atomic mass is 10.2. The number of anilines is 1. The Bertz CT molecular complexity index is 1220. The molecule has 0 saturated carbocycles. The Morgan fingerprint density at radius 3 is 2.48 bits per heavy atom. The van der Waals surface area contributed by atoms with Gasteiger partial charge >= 0.3 is 0 Å². The van der Waals surface area contributed by atoms with Crippen LogP contribution in [0.3, 0.4) is 0 Å². The predicted molar refractivity (Wildman–Crippen MR) is 117 cm³/mol. The van der Waals surface area contributed by atoms with E-state index in [1.807, 2.05) is 26.8 Å². The number of aryl methyl sites for hydroxylation is 3. The summed E-state index contributed by atoms with van der Waals surface area (Å²) in [5, 5.41) is 16.1. The first kappa shape index (κ1) is 21.0. The molecule has 0 aliphatic heterocycles. The van der Waals surface area contributed by atoms with Gasteiger partial charge < -0.3 is 9.73 Å². The molecule has 1 amide bonds. The molecule has 0 atom stereocenters. The highest BCUT2D eigenvalue weighted by Crippen LogP contribution is 2.24. The number of hydrogen-bond acceptors (Lipinski definition) is 8. The molecule has 0 aliphatic rings. The van der Waals surface area contributed by atoms with Crippen molar-refractivity contribution in [2.45, 2.75) is 26.0 Å². The summed E-state index contributed by atoms with van der Waals surface area (Å²) in [6, 6.07) is 10.7. The van der Waals surface area contributed by atoms with E-state index in [1.54, 1.807) is 30.3 Å². The molecule has 0 aliphatic carbocycles. The van der Waals surface area contributed by atoms with Crippen molar-refractivity contribution in [1.82, 2.24) is 29.9 Å². The fourth-order valence-electron chi connectivity index (χ4n) is 2.83. The summed E-state index contributed by atoms with van der Waals surface area (Å²) >= 11 is 7.03. The molecule has 9 nitrogen and oxygen atoms in total. The van der Waals surface area contributed by atoms with Crippen LogP contribution >= 0.6 is 23.4 Å². The number of hydrogen-bond donors (Lipinski definition) is 1. The molecule has 4 rings (SSSR count). The Balaban J connectivity index is 1.43. The van der Waals surface area contributed by atoms with Crippen LogP contribution in [0.25, 0.3) is 17.4 Å². The van der Waals surface area contributed by atoms with E-state index in [0.29, 0.717) is 27.9 Å². The molecule has 0 fully saturated rings. The average Bonchev–Trinajstić information content (AvgIpc) is 3.33. The second-order valence-corrected chi connectivity index (χ2v) is 8.11. The van der Waals surface area contributed by atoms with Gasteiger partial charge in [0.2, 0.25) is 11.8 Å². The first-order valence-electron chi connectivity index (χ1n) is 9.29. The highest BCUT2D eigenvalue weighted by Gasteiger charge is 2.16. The zero-order valence-corrected chi connectivity index (χ0v) is 18.5. The zero-order valence-electron chi connectivity index (χ0n) is 17.0. The third-order valence-corrected chi connectivity index (χ3v) is 5.15. The summed E-state index contributed by atoms with van der Waals surface area (Å²) in [6.45, 7) is 5.60. The Morgan fingerprint density at radius 1 is 1.06 bits per heavy atom. The number of carbonyl (C=O) groups excluding carboxylic acids is 1. The maximum Gasteiger partial charge on any atom is 0.277 e. The van der Waals surface area contributed by atoms with Crippen molar-refractivity contribution in [1.29, 1.82) is 0 Å². The van der Waals surface area contributed by atoms with E-state index in [9.17, 15) is 4.79 Å². The minimum absolute atomic E-state index is 0.0835. The van der Waals surface area contributed by atoms with Crippen LogP contribution in [0, 0.1) is 20.8 Å². The van der Waals surface area contributed by atoms with Crippen LogP contribution < -0.4 is 5.32 Å². The molecule has 158 valence electrons. The zero-order chi connectivity index (χ0) is 22.0. The van der Waals surface area contributed by atoms with Crippen LogP contribution in [-0.2, 0) is 4.79 Å². The van der Waals surface area contributed by atoms with E-state index in [2.05, 4.69) is 30.6 Å². The molecular weight excluding hydrogens is 438 g/mol. The summed E-state index contributed by atoms with van der Waals surface area (Å²) in [5.74, 6) is 1.08. The third kappa shape index (κ3) is 5.09. The molecule has 3 heterocycles. The number of carbonyl (C=O) groups is 1. The van der Waals surface area contributed by atoms with Crippen molar-refractivity contribution in [2.24, 2.45) is 0 Å². The molecule has 0 saturated heterocycles. The van der Waals surface area contributed by atoms with Crippen molar-refractivity contribution in [2.75, 3.05) is 11.1 Å². The maximum atomic E-state index is 12.5. The SMILES string of the molecule is Cc1cc(C)nc(-n2nc(C)cc2NC(=O)CSc2nnc(-c3ccc(Cl)cc3)o2)n1. The van der Waals surface area contributed by atoms with Crippen LogP contribution in [0.15, 0.2) is 46.0 Å². The lowest BCUT2D eigenvalue weighted by molar-refractivity contribution is -0.113. The fraction of sp³-hybridized carbons (Fsp3) is 0.200. The number of amides is 1. The van der Waals surface area contributed by atoms with E-state index in [-0.39, 0.29) is 11.7 Å². The number of thioether (sulfide) groups is 1. The molecule has 1 N–H and O–H groups in total. The van der Waals surface area contributed by atoms with E-state index in [1.165, 1.54) is 4.68 Å². The molecule has 11 heteroatoms. The average molecular weight is 456 g/mol. The van der Waals surface area contributed by atoms with Crippen molar-refractivity contribution >= 4 is 35.1 Å². The topological polar surface area (TPSA) is 112 Å². The number of benzene rings is 1. The normalized spacial score (nSPS) is 11.0. The molecular formula is C20H18ClN7O2S. The van der Waals surface area contributed by atoms with Gasteiger partial charge in [-0.25, -0.2) is 9.97 Å². The van der Waals surface area contributed by atoms with E-state index in [0.717, 1.165) is 34.4 Å². The van der Waals surface area contributed by atoms with Gasteiger partial charge in [-0.3, -0.25) is 4.79 Å². The molecule has 4 aromatic rings. The van der Waals surface area contributed by atoms with Crippen molar-refractivity contribution in [3.63, 3.8) is 0 Å². The van der Waals surface area contributed by atoms with Gasteiger partial charge in [0.15, 0.2) is 0 Å². The lowest BCUT2D eigenvalue weighted by Gasteiger charge is -2.08. The Morgan fingerprint density at radius 2 is 1.77 bits per heavy atom. The second kappa shape index (κ2) is 8.86. The van der Waals surface area contributed by atoms with Gasteiger partial charge in [0.1, 0.15) is 5.82 Å². The molecule has 3 aromatic heterocycles. The standard InChI is InChI=1S/C20H18ClN7O2S/c1-11-8-12(2)23-19(22-11)28-16(9-13(3)27-28)24-17(29)10-31-20-26-25-18(30-20)14-4-6-15(21)7-5-14/h4-9H,10H2,1-3H3,(H,24,29). The molecule has 0 spiro atoms. The molecule has 1 aromatic carbocycles. The predicted octanol–water partition coefficient (Wildman–Crippen LogP) is 4.02.